The third-order valence-electron chi connectivity index (χ3n) is 6.07. The van der Waals surface area contributed by atoms with Crippen LogP contribution in [0.3, 0.4) is 0 Å². The molecule has 2 N–H and O–H groups in total. The van der Waals surface area contributed by atoms with Gasteiger partial charge < -0.3 is 15.3 Å². The van der Waals surface area contributed by atoms with Gasteiger partial charge in [-0.05, 0) is 50.1 Å². The number of ether oxygens (including phenoxy) is 1. The van der Waals surface area contributed by atoms with Crippen molar-refractivity contribution in [3.05, 3.63) is 59.6 Å². The van der Waals surface area contributed by atoms with E-state index >= 15 is 8.78 Å². The first kappa shape index (κ1) is 31.7. The highest BCUT2D eigenvalue weighted by Crippen LogP contribution is 2.34. The number of alkyl halides is 2. The van der Waals surface area contributed by atoms with Gasteiger partial charge in [-0.25, -0.2) is 16.8 Å². The zero-order chi connectivity index (χ0) is 30.5. The lowest BCUT2D eigenvalue weighted by atomic mass is 10.1. The fraction of sp³-hybridized carbons (Fsp3) is 0.423. The van der Waals surface area contributed by atoms with Crippen molar-refractivity contribution in [2.75, 3.05) is 18.6 Å². The first-order chi connectivity index (χ1) is 19.1. The Labute approximate surface area is 236 Å². The monoisotopic (exact) mass is 610 g/mol. The zero-order valence-corrected chi connectivity index (χ0v) is 23.8. The number of hydrogen-bond acceptors (Lipinski definition) is 9. The van der Waals surface area contributed by atoms with Crippen LogP contribution in [0.1, 0.15) is 25.3 Å². The van der Waals surface area contributed by atoms with Gasteiger partial charge in [0.2, 0.25) is 5.91 Å². The summed E-state index contributed by atoms with van der Waals surface area (Å²) < 4.78 is 84.7. The maximum Gasteiger partial charge on any atom is 0.425 e. The third kappa shape index (κ3) is 9.11. The van der Waals surface area contributed by atoms with Gasteiger partial charge in [0.05, 0.1) is 28.4 Å². The summed E-state index contributed by atoms with van der Waals surface area (Å²) in [5.41, 5.74) is -0.970. The topological polar surface area (TPSA) is 169 Å². The molecule has 1 amide bonds. The van der Waals surface area contributed by atoms with E-state index in [9.17, 15) is 32.1 Å². The summed E-state index contributed by atoms with van der Waals surface area (Å²) in [6, 6.07) is 7.04. The molecule has 1 aliphatic rings. The Morgan fingerprint density at radius 1 is 1.22 bits per heavy atom. The molecule has 220 valence electrons. The second-order valence-corrected chi connectivity index (χ2v) is 13.8. The van der Waals surface area contributed by atoms with Gasteiger partial charge in [-0.2, -0.15) is 18.8 Å². The Hall–Kier alpha value is -3.79. The molecule has 15 heteroatoms. The van der Waals surface area contributed by atoms with Crippen molar-refractivity contribution < 1.29 is 39.9 Å². The number of aromatic nitrogens is 1. The van der Waals surface area contributed by atoms with Crippen molar-refractivity contribution >= 4 is 25.6 Å². The van der Waals surface area contributed by atoms with Gasteiger partial charge in [-0.3, -0.25) is 10.1 Å². The minimum Gasteiger partial charge on any atom is -0.619 e. The number of nitrogens with one attached hydrogen (secondary N) is 2. The zero-order valence-electron chi connectivity index (χ0n) is 22.1. The summed E-state index contributed by atoms with van der Waals surface area (Å²) in [5.74, 6) is 0.660. The van der Waals surface area contributed by atoms with E-state index in [1.165, 1.54) is 25.3 Å². The molecule has 3 rings (SSSR count). The molecule has 0 radical (unpaired) electrons. The van der Waals surface area contributed by atoms with Gasteiger partial charge in [0, 0.05) is 24.4 Å². The fourth-order valence-electron chi connectivity index (χ4n) is 3.79. The summed E-state index contributed by atoms with van der Waals surface area (Å²) in [5, 5.41) is 25.8. The van der Waals surface area contributed by atoms with Gasteiger partial charge in [0.25, 0.3) is 0 Å². The molecule has 1 aromatic carbocycles. The largest absolute Gasteiger partial charge is 0.619 e. The van der Waals surface area contributed by atoms with Crippen molar-refractivity contribution in [2.24, 2.45) is 5.92 Å². The van der Waals surface area contributed by atoms with E-state index in [1.54, 1.807) is 0 Å². The van der Waals surface area contributed by atoms with Gasteiger partial charge in [-0.1, -0.05) is 5.92 Å². The molecule has 2 atom stereocenters. The number of rotatable bonds is 13. The molecular weight excluding hydrogens is 582 g/mol. The molecular formula is C26H28F2N4O7S2. The van der Waals surface area contributed by atoms with Crippen LogP contribution < -0.4 is 20.1 Å². The van der Waals surface area contributed by atoms with Crippen LogP contribution in [0.4, 0.5) is 8.78 Å². The van der Waals surface area contributed by atoms with Crippen LogP contribution in [-0.4, -0.2) is 59.0 Å². The Bertz CT molecular complexity index is 1590. The van der Waals surface area contributed by atoms with E-state index in [0.29, 0.717) is 17.6 Å². The van der Waals surface area contributed by atoms with Crippen molar-refractivity contribution in [1.29, 1.82) is 5.26 Å². The minimum atomic E-state index is -4.04. The van der Waals surface area contributed by atoms with Gasteiger partial charge >= 0.3 is 6.11 Å². The number of hydrogen-bond donors (Lipinski definition) is 2. The quantitative estimate of drug-likeness (QED) is 0.191. The minimum absolute atomic E-state index is 0.0994. The predicted octanol–water partition coefficient (Wildman–Crippen LogP) is 1.08. The van der Waals surface area contributed by atoms with E-state index in [4.69, 9.17) is 4.74 Å². The molecule has 0 saturated heterocycles. The average Bonchev–Trinajstić information content (AvgIpc) is 3.64. The van der Waals surface area contributed by atoms with E-state index in [-0.39, 0.29) is 16.2 Å². The van der Waals surface area contributed by atoms with E-state index in [2.05, 4.69) is 22.5 Å². The number of halogens is 2. The number of nitrogens with zero attached hydrogens (tertiary/aromatic N) is 2. The molecule has 1 aliphatic carbocycles. The molecule has 0 aliphatic heterocycles. The summed E-state index contributed by atoms with van der Waals surface area (Å²) in [6.45, 7) is 0.723. The first-order valence-corrected chi connectivity index (χ1v) is 15.9. The Morgan fingerprint density at radius 3 is 2.41 bits per heavy atom. The number of sulfone groups is 2. The normalized spacial score (nSPS) is 15.9. The number of carbonyl (C=O) groups is 1. The lowest BCUT2D eigenvalue weighted by Gasteiger charge is -2.26. The lowest BCUT2D eigenvalue weighted by Crippen LogP contribution is -2.52. The first-order valence-electron chi connectivity index (χ1n) is 12.2. The van der Waals surface area contributed by atoms with Crippen molar-refractivity contribution in [3.63, 3.8) is 0 Å². The van der Waals surface area contributed by atoms with Crippen LogP contribution in [0.2, 0.25) is 0 Å². The fourth-order valence-corrected chi connectivity index (χ4v) is 6.10. The second-order valence-electron chi connectivity index (χ2n) is 9.65. The molecule has 1 aromatic heterocycles. The molecule has 0 bridgehead atoms. The van der Waals surface area contributed by atoms with Crippen molar-refractivity contribution in [1.82, 2.24) is 10.6 Å². The molecule has 11 nitrogen and oxygen atoms in total. The predicted molar refractivity (Wildman–Crippen MR) is 142 cm³/mol. The Morgan fingerprint density at radius 2 is 1.88 bits per heavy atom. The molecule has 1 heterocycles. The smallest absolute Gasteiger partial charge is 0.425 e. The van der Waals surface area contributed by atoms with Crippen LogP contribution in [0.25, 0.3) is 0 Å². The van der Waals surface area contributed by atoms with Crippen LogP contribution in [-0.2, 0) is 30.2 Å². The highest BCUT2D eigenvalue weighted by Gasteiger charge is 2.47. The van der Waals surface area contributed by atoms with Crippen LogP contribution in [0.5, 0.6) is 5.75 Å². The van der Waals surface area contributed by atoms with Crippen LogP contribution >= 0.6 is 0 Å². The average molecular weight is 611 g/mol. The lowest BCUT2D eigenvalue weighted by molar-refractivity contribution is -0.605. The molecule has 0 unspecified atom stereocenters. The second kappa shape index (κ2) is 12.4. The standard InChI is InChI=1S/C26H28F2N4O7S2/c1-3-5-23(26(27,28)39-21-7-9-22(10-8-21)40(2,35)36)30-14-20(24(33)31-25(18-29)11-12-25)17-41(37,38)16-19-6-4-13-32(34)15-19/h4,6-10,13,15,20,23,30H,11-12,14,16-17H2,1-2H3,(H,31,33)/t20-,23-/m0/s1. The number of carbonyl (C=O) groups excluding carboxylic acids is 1. The number of pyridine rings is 1. The highest BCUT2D eigenvalue weighted by atomic mass is 32.2. The van der Waals surface area contributed by atoms with Crippen molar-refractivity contribution in [3.8, 4) is 23.7 Å². The maximum absolute atomic E-state index is 15.1. The Balaban J connectivity index is 1.79. The Kier molecular flexibility index (Phi) is 9.58. The van der Waals surface area contributed by atoms with Gasteiger partial charge in [0.15, 0.2) is 38.1 Å². The summed E-state index contributed by atoms with van der Waals surface area (Å²) in [6.07, 6.45) is -0.0705. The number of amides is 1. The molecule has 0 spiro atoms. The summed E-state index contributed by atoms with van der Waals surface area (Å²) in [4.78, 5) is 12.9. The molecule has 41 heavy (non-hydrogen) atoms. The van der Waals surface area contributed by atoms with Crippen LogP contribution in [0, 0.1) is 34.3 Å². The van der Waals surface area contributed by atoms with E-state index < -0.39 is 67.2 Å². The molecule has 2 aromatic rings. The summed E-state index contributed by atoms with van der Waals surface area (Å²) in [7, 11) is -7.60. The van der Waals surface area contributed by atoms with E-state index in [1.807, 2.05) is 6.07 Å². The van der Waals surface area contributed by atoms with Gasteiger partial charge in [-0.15, -0.1) is 5.92 Å². The molecule has 1 fully saturated rings. The summed E-state index contributed by atoms with van der Waals surface area (Å²) >= 11 is 0. The van der Waals surface area contributed by atoms with E-state index in [0.717, 1.165) is 36.7 Å². The highest BCUT2D eigenvalue weighted by molar-refractivity contribution is 7.91. The van der Waals surface area contributed by atoms with Crippen molar-refractivity contribution in [2.45, 2.75) is 48.1 Å². The SMILES string of the molecule is CC#C[C@H](NC[C@@H](CS(=O)(=O)Cc1ccc[n+]([O-])c1)C(=O)NC1(C#N)CC1)C(F)(F)Oc1ccc(S(C)(=O)=O)cc1. The van der Waals surface area contributed by atoms with Gasteiger partial charge in [0.1, 0.15) is 11.3 Å². The number of benzene rings is 1. The van der Waals surface area contributed by atoms with Crippen LogP contribution in [0.15, 0.2) is 53.7 Å². The maximum atomic E-state index is 15.1. The molecule has 1 saturated carbocycles. The number of nitriles is 1. The third-order valence-corrected chi connectivity index (χ3v) is 8.89.